The predicted octanol–water partition coefficient (Wildman–Crippen LogP) is 3.59. The van der Waals surface area contributed by atoms with Crippen LogP contribution in [0.5, 0.6) is 11.5 Å². The molecule has 0 saturated heterocycles. The number of methoxy groups -OCH3 is 1. The largest absolute Gasteiger partial charge is 0.495 e. The second-order valence-corrected chi connectivity index (χ2v) is 5.42. The number of anilines is 1. The molecule has 0 fully saturated rings. The lowest BCUT2D eigenvalue weighted by Gasteiger charge is -2.12. The van der Waals surface area contributed by atoms with Crippen molar-refractivity contribution in [3.63, 3.8) is 0 Å². The molecule has 0 aliphatic carbocycles. The smallest absolute Gasteiger partial charge is 0.141 e. The lowest BCUT2D eigenvalue weighted by molar-refractivity contribution is 0.357. The van der Waals surface area contributed by atoms with E-state index in [0.29, 0.717) is 0 Å². The summed E-state index contributed by atoms with van der Waals surface area (Å²) >= 11 is 0. The first kappa shape index (κ1) is 13.8. The number of fused-ring (bicyclic) bond motifs is 1. The van der Waals surface area contributed by atoms with Crippen LogP contribution in [0.1, 0.15) is 16.7 Å². The molecular weight excluding hydrogens is 262 g/mol. The van der Waals surface area contributed by atoms with Gasteiger partial charge in [0.05, 0.1) is 19.4 Å². The SMILES string of the molecule is COc1ccc(C)cc1NCCc1ccc2c(c1)CCO2. The van der Waals surface area contributed by atoms with Crippen molar-refractivity contribution < 1.29 is 9.47 Å². The van der Waals surface area contributed by atoms with E-state index in [1.54, 1.807) is 7.11 Å². The van der Waals surface area contributed by atoms with E-state index >= 15 is 0 Å². The van der Waals surface area contributed by atoms with Crippen molar-refractivity contribution in [1.82, 2.24) is 0 Å². The predicted molar refractivity (Wildman–Crippen MR) is 85.6 cm³/mol. The van der Waals surface area contributed by atoms with Crippen LogP contribution < -0.4 is 14.8 Å². The van der Waals surface area contributed by atoms with Crippen molar-refractivity contribution in [2.75, 3.05) is 25.6 Å². The summed E-state index contributed by atoms with van der Waals surface area (Å²) in [6.45, 7) is 3.79. The number of hydrogen-bond donors (Lipinski definition) is 1. The molecule has 0 spiro atoms. The zero-order valence-electron chi connectivity index (χ0n) is 12.6. The highest BCUT2D eigenvalue weighted by Crippen LogP contribution is 2.27. The molecule has 0 aromatic heterocycles. The Bertz CT molecular complexity index is 637. The van der Waals surface area contributed by atoms with Crippen LogP contribution >= 0.6 is 0 Å². The Balaban J connectivity index is 1.62. The summed E-state index contributed by atoms with van der Waals surface area (Å²) < 4.78 is 10.9. The minimum atomic E-state index is 0.817. The molecule has 1 N–H and O–H groups in total. The number of nitrogens with one attached hydrogen (secondary N) is 1. The summed E-state index contributed by atoms with van der Waals surface area (Å²) in [5.74, 6) is 1.94. The molecule has 1 heterocycles. The summed E-state index contributed by atoms with van der Waals surface area (Å²) in [4.78, 5) is 0. The standard InChI is InChI=1S/C18H21NO2/c1-13-3-5-18(20-2)16(11-13)19-9-7-14-4-6-17-15(12-14)8-10-21-17/h3-6,11-12,19H,7-10H2,1-2H3. The van der Waals surface area contributed by atoms with Gasteiger partial charge in [-0.15, -0.1) is 0 Å². The van der Waals surface area contributed by atoms with E-state index < -0.39 is 0 Å². The van der Waals surface area contributed by atoms with Crippen molar-refractivity contribution in [2.45, 2.75) is 19.8 Å². The van der Waals surface area contributed by atoms with Crippen LogP contribution in [0, 0.1) is 6.92 Å². The van der Waals surface area contributed by atoms with Gasteiger partial charge in [-0.2, -0.15) is 0 Å². The Labute approximate surface area is 125 Å². The molecule has 1 aliphatic heterocycles. The lowest BCUT2D eigenvalue weighted by Crippen LogP contribution is -2.06. The molecule has 0 saturated carbocycles. The third-order valence-electron chi connectivity index (χ3n) is 3.84. The van der Waals surface area contributed by atoms with E-state index in [0.717, 1.165) is 43.2 Å². The van der Waals surface area contributed by atoms with Crippen LogP contribution in [0.2, 0.25) is 0 Å². The summed E-state index contributed by atoms with van der Waals surface area (Å²) in [5.41, 5.74) is 4.97. The Morgan fingerprint density at radius 1 is 1.19 bits per heavy atom. The maximum Gasteiger partial charge on any atom is 0.141 e. The molecule has 3 nitrogen and oxygen atoms in total. The first-order chi connectivity index (χ1) is 10.3. The van der Waals surface area contributed by atoms with Crippen LogP contribution in [-0.4, -0.2) is 20.3 Å². The first-order valence-electron chi connectivity index (χ1n) is 7.39. The third-order valence-corrected chi connectivity index (χ3v) is 3.84. The van der Waals surface area contributed by atoms with Gasteiger partial charge in [0.1, 0.15) is 11.5 Å². The highest BCUT2D eigenvalue weighted by atomic mass is 16.5. The fourth-order valence-electron chi connectivity index (χ4n) is 2.70. The molecule has 0 amide bonds. The fraction of sp³-hybridized carbons (Fsp3) is 0.333. The normalized spacial score (nSPS) is 12.7. The minimum absolute atomic E-state index is 0.817. The van der Waals surface area contributed by atoms with Crippen LogP contribution in [0.25, 0.3) is 0 Å². The lowest BCUT2D eigenvalue weighted by atomic mass is 10.1. The Morgan fingerprint density at radius 2 is 2.10 bits per heavy atom. The summed E-state index contributed by atoms with van der Waals surface area (Å²) in [6, 6.07) is 12.7. The molecule has 3 heteroatoms. The van der Waals surface area contributed by atoms with Crippen molar-refractivity contribution >= 4 is 5.69 Å². The van der Waals surface area contributed by atoms with Gasteiger partial charge >= 0.3 is 0 Å². The van der Waals surface area contributed by atoms with Crippen molar-refractivity contribution in [3.8, 4) is 11.5 Å². The number of aryl methyl sites for hydroxylation is 1. The molecule has 0 bridgehead atoms. The zero-order chi connectivity index (χ0) is 14.7. The van der Waals surface area contributed by atoms with E-state index in [1.165, 1.54) is 16.7 Å². The average molecular weight is 283 g/mol. The van der Waals surface area contributed by atoms with Crippen LogP contribution in [0.3, 0.4) is 0 Å². The second-order valence-electron chi connectivity index (χ2n) is 5.42. The maximum atomic E-state index is 5.54. The van der Waals surface area contributed by atoms with Crippen molar-refractivity contribution in [1.29, 1.82) is 0 Å². The van der Waals surface area contributed by atoms with Crippen LogP contribution in [0.15, 0.2) is 36.4 Å². The van der Waals surface area contributed by atoms with Gasteiger partial charge in [0.25, 0.3) is 0 Å². The average Bonchev–Trinajstić information content (AvgIpc) is 2.95. The van der Waals surface area contributed by atoms with E-state index in [2.05, 4.69) is 42.6 Å². The fourth-order valence-corrected chi connectivity index (χ4v) is 2.70. The Hall–Kier alpha value is -2.16. The van der Waals surface area contributed by atoms with E-state index in [9.17, 15) is 0 Å². The molecule has 2 aromatic carbocycles. The van der Waals surface area contributed by atoms with Gasteiger partial charge in [-0.1, -0.05) is 18.2 Å². The number of benzene rings is 2. The zero-order valence-corrected chi connectivity index (χ0v) is 12.6. The minimum Gasteiger partial charge on any atom is -0.495 e. The van der Waals surface area contributed by atoms with Gasteiger partial charge in [0.2, 0.25) is 0 Å². The van der Waals surface area contributed by atoms with Gasteiger partial charge in [-0.3, -0.25) is 0 Å². The summed E-state index contributed by atoms with van der Waals surface area (Å²) in [7, 11) is 1.70. The molecule has 110 valence electrons. The van der Waals surface area contributed by atoms with Gasteiger partial charge < -0.3 is 14.8 Å². The molecule has 0 atom stereocenters. The van der Waals surface area contributed by atoms with Crippen LogP contribution in [0.4, 0.5) is 5.69 Å². The Kier molecular flexibility index (Phi) is 4.00. The van der Waals surface area contributed by atoms with Gasteiger partial charge in [-0.05, 0) is 48.2 Å². The molecule has 3 rings (SSSR count). The number of rotatable bonds is 5. The number of ether oxygens (including phenoxy) is 2. The molecule has 21 heavy (non-hydrogen) atoms. The van der Waals surface area contributed by atoms with Gasteiger partial charge in [-0.25, -0.2) is 0 Å². The van der Waals surface area contributed by atoms with E-state index in [-0.39, 0.29) is 0 Å². The highest BCUT2D eigenvalue weighted by molar-refractivity contribution is 5.58. The van der Waals surface area contributed by atoms with E-state index in [4.69, 9.17) is 9.47 Å². The van der Waals surface area contributed by atoms with Gasteiger partial charge in [0.15, 0.2) is 0 Å². The topological polar surface area (TPSA) is 30.5 Å². The van der Waals surface area contributed by atoms with Crippen molar-refractivity contribution in [3.05, 3.63) is 53.1 Å². The number of hydrogen-bond acceptors (Lipinski definition) is 3. The third kappa shape index (κ3) is 3.13. The summed E-state index contributed by atoms with van der Waals surface area (Å²) in [6.07, 6.45) is 2.02. The quantitative estimate of drug-likeness (QED) is 0.909. The molecule has 0 radical (unpaired) electrons. The molecular formula is C18H21NO2. The first-order valence-corrected chi connectivity index (χ1v) is 7.39. The molecule has 0 unspecified atom stereocenters. The highest BCUT2D eigenvalue weighted by Gasteiger charge is 2.11. The monoisotopic (exact) mass is 283 g/mol. The maximum absolute atomic E-state index is 5.54. The van der Waals surface area contributed by atoms with Crippen LogP contribution in [-0.2, 0) is 12.8 Å². The Morgan fingerprint density at radius 3 is 2.95 bits per heavy atom. The second kappa shape index (κ2) is 6.08. The van der Waals surface area contributed by atoms with Gasteiger partial charge in [0, 0.05) is 13.0 Å². The molecule has 2 aromatic rings. The van der Waals surface area contributed by atoms with E-state index in [1.807, 2.05) is 6.07 Å². The summed E-state index contributed by atoms with van der Waals surface area (Å²) in [5, 5.41) is 3.46. The van der Waals surface area contributed by atoms with Crippen molar-refractivity contribution in [2.24, 2.45) is 0 Å². The molecule has 1 aliphatic rings.